The van der Waals surface area contributed by atoms with Crippen LogP contribution in [0.15, 0.2) is 89.6 Å². The Balaban J connectivity index is 1.82. The average molecular weight is 460 g/mol. The molecule has 1 saturated heterocycles. The molecule has 1 aromatic heterocycles. The van der Waals surface area contributed by atoms with Gasteiger partial charge in [0.2, 0.25) is 0 Å². The summed E-state index contributed by atoms with van der Waals surface area (Å²) in [5.41, 5.74) is 0.228. The van der Waals surface area contributed by atoms with Crippen LogP contribution in [0.1, 0.15) is 22.9 Å². The van der Waals surface area contributed by atoms with Crippen molar-refractivity contribution >= 4 is 23.1 Å². The molecule has 1 unspecified atom stereocenters. The maximum Gasteiger partial charge on any atom is 0.296 e. The number of ketones is 1. The Morgan fingerprint density at radius 2 is 1.94 bits per heavy atom. The van der Waals surface area contributed by atoms with Gasteiger partial charge in [0.25, 0.3) is 17.4 Å². The number of nitro benzene ring substituents is 1. The highest BCUT2D eigenvalue weighted by molar-refractivity contribution is 6.46. The summed E-state index contributed by atoms with van der Waals surface area (Å²) in [6, 6.07) is 14.2. The van der Waals surface area contributed by atoms with Crippen LogP contribution in [-0.2, 0) is 16.1 Å². The van der Waals surface area contributed by atoms with E-state index in [0.29, 0.717) is 23.7 Å². The second-order valence-corrected chi connectivity index (χ2v) is 7.48. The molecule has 34 heavy (non-hydrogen) atoms. The van der Waals surface area contributed by atoms with Crippen LogP contribution in [0.2, 0.25) is 0 Å². The van der Waals surface area contributed by atoms with Crippen LogP contribution in [0.4, 0.5) is 5.69 Å². The predicted molar refractivity (Wildman–Crippen MR) is 122 cm³/mol. The van der Waals surface area contributed by atoms with Crippen molar-refractivity contribution in [2.24, 2.45) is 0 Å². The number of hydrogen-bond donors (Lipinski definition) is 1. The van der Waals surface area contributed by atoms with E-state index >= 15 is 0 Å². The highest BCUT2D eigenvalue weighted by atomic mass is 16.6. The minimum Gasteiger partial charge on any atom is -0.507 e. The third-order valence-corrected chi connectivity index (χ3v) is 5.34. The number of benzene rings is 2. The number of Topliss-reactive ketones (excluding diaryl/α,β-unsaturated/α-hetero) is 1. The lowest BCUT2D eigenvalue weighted by atomic mass is 9.95. The molecule has 2 heterocycles. The minimum absolute atomic E-state index is 0.0595. The summed E-state index contributed by atoms with van der Waals surface area (Å²) in [5, 5.41) is 22.4. The van der Waals surface area contributed by atoms with E-state index in [-0.39, 0.29) is 23.4 Å². The lowest BCUT2D eigenvalue weighted by molar-refractivity contribution is -0.384. The molecular weight excluding hydrogens is 440 g/mol. The highest BCUT2D eigenvalue weighted by Gasteiger charge is 2.46. The molecule has 0 aliphatic carbocycles. The average Bonchev–Trinajstić information content (AvgIpc) is 3.45. The number of nitro groups is 1. The van der Waals surface area contributed by atoms with Crippen molar-refractivity contribution in [2.75, 3.05) is 6.61 Å². The molecule has 0 radical (unpaired) electrons. The van der Waals surface area contributed by atoms with Crippen molar-refractivity contribution in [3.63, 3.8) is 0 Å². The molecule has 0 saturated carbocycles. The molecule has 3 aromatic rings. The topological polar surface area (TPSA) is 123 Å². The van der Waals surface area contributed by atoms with Crippen LogP contribution in [0, 0.1) is 10.1 Å². The molecule has 9 heteroatoms. The number of nitrogens with zero attached hydrogens (tertiary/aromatic N) is 2. The van der Waals surface area contributed by atoms with Gasteiger partial charge in [-0.15, -0.1) is 0 Å². The van der Waals surface area contributed by atoms with E-state index in [9.17, 15) is 24.8 Å². The van der Waals surface area contributed by atoms with E-state index in [1.807, 2.05) is 0 Å². The van der Waals surface area contributed by atoms with Gasteiger partial charge in [-0.25, -0.2) is 0 Å². The van der Waals surface area contributed by atoms with Crippen LogP contribution in [0.25, 0.3) is 5.76 Å². The number of carbonyl (C=O) groups excluding carboxylic acids is 2. The molecule has 1 atom stereocenters. The monoisotopic (exact) mass is 460 g/mol. The molecule has 1 fully saturated rings. The summed E-state index contributed by atoms with van der Waals surface area (Å²) in [6.07, 6.45) is 3.03. The number of non-ortho nitro benzene ring substituents is 1. The van der Waals surface area contributed by atoms with Crippen molar-refractivity contribution in [1.29, 1.82) is 0 Å². The van der Waals surface area contributed by atoms with Gasteiger partial charge in [-0.3, -0.25) is 19.7 Å². The standard InChI is InChI=1S/C25H20N2O7/c1-2-12-33-19-10-8-16(9-11-19)23(28)21-22(17-5-3-6-18(14-17)27(31)32)26(25(30)24(21)29)15-20-7-4-13-34-20/h2-11,13-14,22,28H,1,12,15H2/b23-21+. The Bertz CT molecular complexity index is 1280. The number of carbonyl (C=O) groups is 2. The SMILES string of the molecule is C=CCOc1ccc(/C(O)=C2\C(=O)C(=O)N(Cc3ccco3)C2c2cccc([N+](=O)[O-])c2)cc1. The van der Waals surface area contributed by atoms with Gasteiger partial charge in [-0.05, 0) is 42.0 Å². The highest BCUT2D eigenvalue weighted by Crippen LogP contribution is 2.41. The molecular formula is C25H20N2O7. The number of likely N-dealkylation sites (tertiary alicyclic amines) is 1. The minimum atomic E-state index is -1.05. The Hall–Kier alpha value is -4.66. The molecule has 1 aliphatic rings. The van der Waals surface area contributed by atoms with Crippen LogP contribution in [-0.4, -0.2) is 33.2 Å². The summed E-state index contributed by atoms with van der Waals surface area (Å²) in [6.45, 7) is 3.82. The summed E-state index contributed by atoms with van der Waals surface area (Å²) < 4.78 is 10.8. The number of hydrogen-bond acceptors (Lipinski definition) is 7. The van der Waals surface area contributed by atoms with Gasteiger partial charge < -0.3 is 19.2 Å². The molecule has 1 aliphatic heterocycles. The second-order valence-electron chi connectivity index (χ2n) is 7.48. The summed E-state index contributed by atoms with van der Waals surface area (Å²) >= 11 is 0. The largest absolute Gasteiger partial charge is 0.507 e. The van der Waals surface area contributed by atoms with Gasteiger partial charge in [0.1, 0.15) is 23.9 Å². The van der Waals surface area contributed by atoms with E-state index in [2.05, 4.69) is 6.58 Å². The van der Waals surface area contributed by atoms with Gasteiger partial charge in [0.05, 0.1) is 29.3 Å². The molecule has 0 bridgehead atoms. The molecule has 4 rings (SSSR count). The fraction of sp³-hybridized carbons (Fsp3) is 0.120. The lowest BCUT2D eigenvalue weighted by Gasteiger charge is -2.24. The number of aliphatic hydroxyl groups excluding tert-OH is 1. The van der Waals surface area contributed by atoms with E-state index < -0.39 is 28.4 Å². The Morgan fingerprint density at radius 1 is 1.18 bits per heavy atom. The molecule has 1 amide bonds. The van der Waals surface area contributed by atoms with Crippen LogP contribution in [0.3, 0.4) is 0 Å². The smallest absolute Gasteiger partial charge is 0.296 e. The first-order chi connectivity index (χ1) is 16.4. The molecule has 2 aromatic carbocycles. The van der Waals surface area contributed by atoms with Gasteiger partial charge in [0, 0.05) is 17.7 Å². The Labute approximate surface area is 194 Å². The maximum absolute atomic E-state index is 13.1. The van der Waals surface area contributed by atoms with Gasteiger partial charge >= 0.3 is 0 Å². The maximum atomic E-state index is 13.1. The van der Waals surface area contributed by atoms with E-state index in [1.165, 1.54) is 29.4 Å². The first-order valence-corrected chi connectivity index (χ1v) is 10.3. The van der Waals surface area contributed by atoms with Crippen molar-refractivity contribution in [3.8, 4) is 5.75 Å². The second kappa shape index (κ2) is 9.45. The number of ether oxygens (including phenoxy) is 1. The summed E-state index contributed by atoms with van der Waals surface area (Å²) in [7, 11) is 0. The van der Waals surface area contributed by atoms with E-state index in [1.54, 1.807) is 48.5 Å². The zero-order valence-corrected chi connectivity index (χ0v) is 17.9. The molecule has 9 nitrogen and oxygen atoms in total. The van der Waals surface area contributed by atoms with Crippen molar-refractivity contribution in [2.45, 2.75) is 12.6 Å². The third kappa shape index (κ3) is 4.31. The Morgan fingerprint density at radius 3 is 2.59 bits per heavy atom. The zero-order chi connectivity index (χ0) is 24.2. The lowest BCUT2D eigenvalue weighted by Crippen LogP contribution is -2.29. The van der Waals surface area contributed by atoms with Crippen LogP contribution < -0.4 is 4.74 Å². The van der Waals surface area contributed by atoms with Crippen molar-refractivity contribution in [1.82, 2.24) is 4.90 Å². The number of aliphatic hydroxyl groups is 1. The zero-order valence-electron chi connectivity index (χ0n) is 17.9. The van der Waals surface area contributed by atoms with Crippen LogP contribution >= 0.6 is 0 Å². The fourth-order valence-electron chi connectivity index (χ4n) is 3.79. The van der Waals surface area contributed by atoms with E-state index in [4.69, 9.17) is 9.15 Å². The molecule has 0 spiro atoms. The number of furan rings is 1. The van der Waals surface area contributed by atoms with Gasteiger partial charge in [-0.1, -0.05) is 24.8 Å². The summed E-state index contributed by atoms with van der Waals surface area (Å²) in [5.74, 6) is -1.19. The predicted octanol–water partition coefficient (Wildman–Crippen LogP) is 4.37. The normalized spacial score (nSPS) is 17.1. The fourth-order valence-corrected chi connectivity index (χ4v) is 3.79. The first-order valence-electron chi connectivity index (χ1n) is 10.3. The third-order valence-electron chi connectivity index (χ3n) is 5.34. The van der Waals surface area contributed by atoms with Gasteiger partial charge in [-0.2, -0.15) is 0 Å². The van der Waals surface area contributed by atoms with Gasteiger partial charge in [0.15, 0.2) is 0 Å². The van der Waals surface area contributed by atoms with E-state index in [0.717, 1.165) is 0 Å². The summed E-state index contributed by atoms with van der Waals surface area (Å²) in [4.78, 5) is 38.0. The van der Waals surface area contributed by atoms with Crippen LogP contribution in [0.5, 0.6) is 5.75 Å². The molecule has 172 valence electrons. The number of rotatable bonds is 8. The first kappa shape index (κ1) is 22.5. The number of amides is 1. The van der Waals surface area contributed by atoms with Crippen molar-refractivity contribution in [3.05, 3.63) is 112 Å². The van der Waals surface area contributed by atoms with Crippen molar-refractivity contribution < 1.29 is 28.8 Å². The molecule has 1 N–H and O–H groups in total. The quantitative estimate of drug-likeness (QED) is 0.132. The Kier molecular flexibility index (Phi) is 6.26.